The van der Waals surface area contributed by atoms with Crippen molar-refractivity contribution in [3.63, 3.8) is 0 Å². The van der Waals surface area contributed by atoms with E-state index in [1.165, 1.54) is 0 Å². The molecular weight excluding hydrogens is 186 g/mol. The van der Waals surface area contributed by atoms with Crippen molar-refractivity contribution in [3.8, 4) is 0 Å². The van der Waals surface area contributed by atoms with Crippen LogP contribution in [0.2, 0.25) is 0 Å². The van der Waals surface area contributed by atoms with E-state index >= 15 is 0 Å². The minimum absolute atomic E-state index is 0.270. The fourth-order valence-electron chi connectivity index (χ4n) is 1.21. The molecule has 0 bridgehead atoms. The van der Waals surface area contributed by atoms with Crippen LogP contribution in [-0.2, 0) is 19.2 Å². The number of carbonyl (C=O) groups excluding carboxylic acids is 2. The first-order valence-corrected chi connectivity index (χ1v) is 4.32. The predicted molar refractivity (Wildman–Crippen MR) is 49.6 cm³/mol. The van der Waals surface area contributed by atoms with Crippen molar-refractivity contribution in [1.29, 1.82) is 0 Å². The molecule has 2 N–H and O–H groups in total. The van der Waals surface area contributed by atoms with Crippen LogP contribution in [0.1, 0.15) is 26.7 Å². The standard InChI is InChI=1S/C9H15NO4/c1-4-9(5-2,8(12)14-10)7(11)13-6-3/h6H,3-5,10H2,1-2H3. The average Bonchev–Trinajstić information content (AvgIpc) is 2.20. The SMILES string of the molecule is C=COC(=O)C(CC)(CC)C(=O)ON. The van der Waals surface area contributed by atoms with Gasteiger partial charge in [-0.2, -0.15) is 5.90 Å². The summed E-state index contributed by atoms with van der Waals surface area (Å²) in [7, 11) is 0. The number of hydrogen-bond donors (Lipinski definition) is 1. The maximum absolute atomic E-state index is 11.5. The maximum Gasteiger partial charge on any atom is 0.341 e. The molecule has 0 saturated heterocycles. The van der Waals surface area contributed by atoms with Gasteiger partial charge in [0.1, 0.15) is 0 Å². The second-order valence-corrected chi connectivity index (χ2v) is 2.77. The summed E-state index contributed by atoms with van der Waals surface area (Å²) in [5.74, 6) is 3.29. The molecule has 0 aromatic carbocycles. The molecule has 14 heavy (non-hydrogen) atoms. The Labute approximate surface area is 82.8 Å². The van der Waals surface area contributed by atoms with Gasteiger partial charge in [0.15, 0.2) is 5.41 Å². The Balaban J connectivity index is 4.95. The number of ether oxygens (including phenoxy) is 1. The molecule has 0 spiro atoms. The van der Waals surface area contributed by atoms with Gasteiger partial charge in [0.2, 0.25) is 0 Å². The Morgan fingerprint density at radius 2 is 1.86 bits per heavy atom. The summed E-state index contributed by atoms with van der Waals surface area (Å²) in [5.41, 5.74) is -1.32. The van der Waals surface area contributed by atoms with Crippen LogP contribution in [-0.4, -0.2) is 11.9 Å². The number of nitrogens with two attached hydrogens (primary N) is 1. The predicted octanol–water partition coefficient (Wildman–Crippen LogP) is 0.896. The van der Waals surface area contributed by atoms with Gasteiger partial charge in [0.05, 0.1) is 6.26 Å². The van der Waals surface area contributed by atoms with Crippen LogP contribution >= 0.6 is 0 Å². The highest BCUT2D eigenvalue weighted by molar-refractivity contribution is 6.00. The Morgan fingerprint density at radius 3 is 2.14 bits per heavy atom. The fraction of sp³-hybridized carbons (Fsp3) is 0.556. The topological polar surface area (TPSA) is 78.6 Å². The minimum Gasteiger partial charge on any atom is -0.434 e. The van der Waals surface area contributed by atoms with Crippen molar-refractivity contribution in [1.82, 2.24) is 0 Å². The molecule has 5 nitrogen and oxygen atoms in total. The van der Waals surface area contributed by atoms with Gasteiger partial charge in [-0.25, -0.2) is 4.79 Å². The zero-order valence-corrected chi connectivity index (χ0v) is 8.41. The lowest BCUT2D eigenvalue weighted by atomic mass is 9.82. The van der Waals surface area contributed by atoms with Crippen molar-refractivity contribution in [2.45, 2.75) is 26.7 Å². The van der Waals surface area contributed by atoms with Crippen molar-refractivity contribution in [3.05, 3.63) is 12.8 Å². The molecule has 0 aliphatic carbocycles. The van der Waals surface area contributed by atoms with Gasteiger partial charge >= 0.3 is 11.9 Å². The van der Waals surface area contributed by atoms with Gasteiger partial charge in [-0.05, 0) is 12.8 Å². The molecule has 5 heteroatoms. The smallest absolute Gasteiger partial charge is 0.341 e. The molecule has 0 heterocycles. The van der Waals surface area contributed by atoms with E-state index in [1.807, 2.05) is 0 Å². The van der Waals surface area contributed by atoms with Crippen LogP contribution in [0.25, 0.3) is 0 Å². The highest BCUT2D eigenvalue weighted by Crippen LogP contribution is 2.29. The summed E-state index contributed by atoms with van der Waals surface area (Å²) >= 11 is 0. The molecule has 0 aromatic rings. The third-order valence-electron chi connectivity index (χ3n) is 2.29. The zero-order valence-electron chi connectivity index (χ0n) is 8.41. The quantitative estimate of drug-likeness (QED) is 0.309. The van der Waals surface area contributed by atoms with Crippen molar-refractivity contribution in [2.75, 3.05) is 0 Å². The van der Waals surface area contributed by atoms with Crippen LogP contribution < -0.4 is 5.90 Å². The molecule has 0 aliphatic heterocycles. The minimum atomic E-state index is -1.32. The van der Waals surface area contributed by atoms with Gasteiger partial charge < -0.3 is 9.57 Å². The molecule has 0 fully saturated rings. The summed E-state index contributed by atoms with van der Waals surface area (Å²) in [6.45, 7) is 6.61. The van der Waals surface area contributed by atoms with Crippen molar-refractivity contribution in [2.24, 2.45) is 11.3 Å². The first kappa shape index (κ1) is 12.6. The highest BCUT2D eigenvalue weighted by atomic mass is 16.7. The molecule has 0 rings (SSSR count). The summed E-state index contributed by atoms with van der Waals surface area (Å²) in [4.78, 5) is 26.9. The number of rotatable bonds is 5. The zero-order chi connectivity index (χ0) is 11.2. The average molecular weight is 201 g/mol. The molecule has 0 atom stereocenters. The molecule has 0 aromatic heterocycles. The van der Waals surface area contributed by atoms with Crippen LogP contribution in [0.4, 0.5) is 0 Å². The fourth-order valence-corrected chi connectivity index (χ4v) is 1.21. The second kappa shape index (κ2) is 5.39. The van der Waals surface area contributed by atoms with Gasteiger partial charge in [0.25, 0.3) is 0 Å². The van der Waals surface area contributed by atoms with Crippen LogP contribution in [0.5, 0.6) is 0 Å². The van der Waals surface area contributed by atoms with Crippen LogP contribution in [0, 0.1) is 5.41 Å². The number of hydrogen-bond acceptors (Lipinski definition) is 5. The molecule has 0 radical (unpaired) electrons. The van der Waals surface area contributed by atoms with E-state index in [0.29, 0.717) is 0 Å². The lowest BCUT2D eigenvalue weighted by Gasteiger charge is -2.24. The molecule has 0 aliphatic rings. The van der Waals surface area contributed by atoms with Crippen molar-refractivity contribution >= 4 is 11.9 Å². The van der Waals surface area contributed by atoms with Gasteiger partial charge in [-0.3, -0.25) is 4.79 Å². The first-order valence-electron chi connectivity index (χ1n) is 4.32. The Morgan fingerprint density at radius 1 is 1.36 bits per heavy atom. The summed E-state index contributed by atoms with van der Waals surface area (Å²) < 4.78 is 4.58. The Bertz CT molecular complexity index is 233. The van der Waals surface area contributed by atoms with E-state index in [4.69, 9.17) is 5.90 Å². The van der Waals surface area contributed by atoms with Gasteiger partial charge in [-0.1, -0.05) is 20.4 Å². The lowest BCUT2D eigenvalue weighted by molar-refractivity contribution is -0.170. The van der Waals surface area contributed by atoms with Gasteiger partial charge in [-0.15, -0.1) is 0 Å². The highest BCUT2D eigenvalue weighted by Gasteiger charge is 2.45. The summed E-state index contributed by atoms with van der Waals surface area (Å²) in [6, 6.07) is 0. The third-order valence-corrected chi connectivity index (χ3v) is 2.29. The molecule has 80 valence electrons. The lowest BCUT2D eigenvalue weighted by Crippen LogP contribution is -2.41. The molecular formula is C9H15NO4. The van der Waals surface area contributed by atoms with E-state index in [1.54, 1.807) is 13.8 Å². The largest absolute Gasteiger partial charge is 0.434 e. The molecule has 0 unspecified atom stereocenters. The maximum atomic E-state index is 11.5. The molecule has 0 amide bonds. The van der Waals surface area contributed by atoms with Crippen LogP contribution in [0.3, 0.4) is 0 Å². The third kappa shape index (κ3) is 2.11. The first-order chi connectivity index (χ1) is 6.58. The van der Waals surface area contributed by atoms with E-state index in [-0.39, 0.29) is 12.8 Å². The number of carbonyl (C=O) groups is 2. The summed E-state index contributed by atoms with van der Waals surface area (Å²) in [5, 5.41) is 0. The Hall–Kier alpha value is -1.36. The Kier molecular flexibility index (Phi) is 4.86. The number of esters is 1. The monoisotopic (exact) mass is 201 g/mol. The normalized spacial score (nSPS) is 10.5. The summed E-state index contributed by atoms with van der Waals surface area (Å²) in [6.07, 6.45) is 1.52. The molecule has 0 saturated carbocycles. The van der Waals surface area contributed by atoms with Crippen LogP contribution in [0.15, 0.2) is 12.8 Å². The van der Waals surface area contributed by atoms with E-state index < -0.39 is 17.4 Å². The van der Waals surface area contributed by atoms with Gasteiger partial charge in [0, 0.05) is 0 Å². The van der Waals surface area contributed by atoms with E-state index in [9.17, 15) is 9.59 Å². The van der Waals surface area contributed by atoms with E-state index in [2.05, 4.69) is 16.2 Å². The van der Waals surface area contributed by atoms with E-state index in [0.717, 1.165) is 6.26 Å². The van der Waals surface area contributed by atoms with Crippen molar-refractivity contribution < 1.29 is 19.2 Å². The second-order valence-electron chi connectivity index (χ2n) is 2.77.